The molecule has 0 amide bonds. The zero-order valence-corrected chi connectivity index (χ0v) is 18.4. The molecule has 4 nitrogen and oxygen atoms in total. The third-order valence-electron chi connectivity index (χ3n) is 6.38. The average molecular weight is 424 g/mol. The van der Waals surface area contributed by atoms with Gasteiger partial charge in [0.05, 0.1) is 12.6 Å². The van der Waals surface area contributed by atoms with Crippen LogP contribution in [-0.2, 0) is 6.54 Å². The van der Waals surface area contributed by atoms with Crippen LogP contribution in [-0.4, -0.2) is 24.7 Å². The second-order valence-electron chi connectivity index (χ2n) is 8.42. The van der Waals surface area contributed by atoms with Crippen molar-refractivity contribution in [3.8, 4) is 16.9 Å². The van der Waals surface area contributed by atoms with Crippen molar-refractivity contribution < 1.29 is 4.74 Å². The van der Waals surface area contributed by atoms with Gasteiger partial charge in [0.1, 0.15) is 5.75 Å². The molecule has 1 fully saturated rings. The van der Waals surface area contributed by atoms with Gasteiger partial charge in [0, 0.05) is 41.3 Å². The third-order valence-corrected chi connectivity index (χ3v) is 6.38. The SMILES string of the molecule is COc1ccc(-c2cnc3ccccc3c2)cc1CNC1CCCNC1c1ccccc1. The zero-order chi connectivity index (χ0) is 21.8. The molecule has 0 aliphatic carbocycles. The maximum atomic E-state index is 5.69. The number of ether oxygens (including phenoxy) is 1. The number of rotatable bonds is 6. The molecule has 32 heavy (non-hydrogen) atoms. The van der Waals surface area contributed by atoms with Crippen molar-refractivity contribution in [1.29, 1.82) is 0 Å². The lowest BCUT2D eigenvalue weighted by Crippen LogP contribution is -2.45. The molecule has 2 N–H and O–H groups in total. The summed E-state index contributed by atoms with van der Waals surface area (Å²) in [6.07, 6.45) is 4.29. The number of piperidine rings is 1. The van der Waals surface area contributed by atoms with Crippen LogP contribution in [0.2, 0.25) is 0 Å². The number of hydrogen-bond acceptors (Lipinski definition) is 4. The Morgan fingerprint density at radius 3 is 2.69 bits per heavy atom. The van der Waals surface area contributed by atoms with Crippen molar-refractivity contribution in [3.63, 3.8) is 0 Å². The van der Waals surface area contributed by atoms with E-state index in [-0.39, 0.29) is 0 Å². The Kier molecular flexibility index (Phi) is 6.15. The van der Waals surface area contributed by atoms with E-state index in [0.29, 0.717) is 12.1 Å². The standard InChI is InChI=1S/C28H29N3O/c1-32-27-14-13-21(23-17-22-10-5-6-11-25(22)30-18-23)16-24(27)19-31-26-12-7-15-29-28(26)20-8-3-2-4-9-20/h2-6,8-11,13-14,16-18,26,28-29,31H,7,12,15,19H2,1H3. The van der Waals surface area contributed by atoms with Crippen molar-refractivity contribution >= 4 is 10.9 Å². The maximum Gasteiger partial charge on any atom is 0.123 e. The lowest BCUT2D eigenvalue weighted by atomic mass is 9.92. The molecule has 1 aliphatic heterocycles. The van der Waals surface area contributed by atoms with Crippen LogP contribution in [0.5, 0.6) is 5.75 Å². The summed E-state index contributed by atoms with van der Waals surface area (Å²) in [5.41, 5.74) is 5.79. The monoisotopic (exact) mass is 423 g/mol. The van der Waals surface area contributed by atoms with Crippen LogP contribution in [0.4, 0.5) is 0 Å². The van der Waals surface area contributed by atoms with Crippen molar-refractivity contribution in [2.75, 3.05) is 13.7 Å². The van der Waals surface area contributed by atoms with Crippen molar-refractivity contribution in [1.82, 2.24) is 15.6 Å². The van der Waals surface area contributed by atoms with Gasteiger partial charge in [0.2, 0.25) is 0 Å². The summed E-state index contributed by atoms with van der Waals surface area (Å²) >= 11 is 0. The molecule has 4 aromatic rings. The second kappa shape index (κ2) is 9.51. The predicted molar refractivity (Wildman–Crippen MR) is 131 cm³/mol. The van der Waals surface area contributed by atoms with E-state index in [4.69, 9.17) is 4.74 Å². The van der Waals surface area contributed by atoms with E-state index in [1.165, 1.54) is 12.0 Å². The quantitative estimate of drug-likeness (QED) is 0.430. The highest BCUT2D eigenvalue weighted by molar-refractivity contribution is 5.83. The van der Waals surface area contributed by atoms with E-state index in [1.54, 1.807) is 7.11 Å². The van der Waals surface area contributed by atoms with E-state index >= 15 is 0 Å². The molecule has 1 aliphatic rings. The molecule has 2 atom stereocenters. The van der Waals surface area contributed by atoms with Crippen LogP contribution in [0.15, 0.2) is 85.1 Å². The second-order valence-corrected chi connectivity index (χ2v) is 8.42. The van der Waals surface area contributed by atoms with E-state index in [0.717, 1.165) is 52.9 Å². The van der Waals surface area contributed by atoms with E-state index in [1.807, 2.05) is 18.3 Å². The summed E-state index contributed by atoms with van der Waals surface area (Å²) in [6.45, 7) is 1.82. The van der Waals surface area contributed by atoms with Gasteiger partial charge in [-0.1, -0.05) is 54.6 Å². The Bertz CT molecular complexity index is 1190. The van der Waals surface area contributed by atoms with Gasteiger partial charge in [-0.2, -0.15) is 0 Å². The van der Waals surface area contributed by atoms with Gasteiger partial charge in [-0.05, 0) is 54.8 Å². The minimum Gasteiger partial charge on any atom is -0.496 e. The summed E-state index contributed by atoms with van der Waals surface area (Å²) in [7, 11) is 1.74. The normalized spacial score (nSPS) is 18.5. The van der Waals surface area contributed by atoms with Crippen molar-refractivity contribution in [3.05, 3.63) is 96.2 Å². The highest BCUT2D eigenvalue weighted by Crippen LogP contribution is 2.29. The number of benzene rings is 3. The van der Waals surface area contributed by atoms with Crippen LogP contribution < -0.4 is 15.4 Å². The number of nitrogens with zero attached hydrogens (tertiary/aromatic N) is 1. The van der Waals surface area contributed by atoms with Gasteiger partial charge in [0.25, 0.3) is 0 Å². The van der Waals surface area contributed by atoms with Crippen LogP contribution in [0.1, 0.15) is 30.0 Å². The van der Waals surface area contributed by atoms with E-state index in [9.17, 15) is 0 Å². The first kappa shape index (κ1) is 20.7. The fraction of sp³-hybridized carbons (Fsp3) is 0.250. The molecular formula is C28H29N3O. The van der Waals surface area contributed by atoms with Crippen LogP contribution >= 0.6 is 0 Å². The van der Waals surface area contributed by atoms with E-state index in [2.05, 4.69) is 82.3 Å². The molecule has 3 aromatic carbocycles. The first-order valence-electron chi connectivity index (χ1n) is 11.4. The van der Waals surface area contributed by atoms with Gasteiger partial charge < -0.3 is 15.4 Å². The number of methoxy groups -OCH3 is 1. The molecule has 1 aromatic heterocycles. The largest absolute Gasteiger partial charge is 0.496 e. The molecule has 0 spiro atoms. The maximum absolute atomic E-state index is 5.69. The topological polar surface area (TPSA) is 46.2 Å². The Labute approximate surface area is 189 Å². The van der Waals surface area contributed by atoms with Gasteiger partial charge in [0.15, 0.2) is 0 Å². The summed E-state index contributed by atoms with van der Waals surface area (Å²) in [5, 5.41) is 8.67. The fourth-order valence-corrected chi connectivity index (χ4v) is 4.69. The smallest absolute Gasteiger partial charge is 0.123 e. The number of hydrogen-bond donors (Lipinski definition) is 2. The van der Waals surface area contributed by atoms with Crippen molar-refractivity contribution in [2.45, 2.75) is 31.5 Å². The summed E-state index contributed by atoms with van der Waals surface area (Å²) < 4.78 is 5.69. The van der Waals surface area contributed by atoms with Crippen LogP contribution in [0.25, 0.3) is 22.0 Å². The minimum atomic E-state index is 0.323. The number of aromatic nitrogens is 1. The van der Waals surface area contributed by atoms with Crippen molar-refractivity contribution in [2.24, 2.45) is 0 Å². The molecule has 162 valence electrons. The Balaban J connectivity index is 1.39. The number of para-hydroxylation sites is 1. The third kappa shape index (κ3) is 4.38. The highest BCUT2D eigenvalue weighted by Gasteiger charge is 2.25. The molecular weight excluding hydrogens is 394 g/mol. The molecule has 0 saturated carbocycles. The number of nitrogens with one attached hydrogen (secondary N) is 2. The summed E-state index contributed by atoms with van der Waals surface area (Å²) in [4.78, 5) is 4.64. The lowest BCUT2D eigenvalue weighted by Gasteiger charge is -2.34. The minimum absolute atomic E-state index is 0.323. The van der Waals surface area contributed by atoms with Crippen LogP contribution in [0.3, 0.4) is 0 Å². The first-order chi connectivity index (χ1) is 15.8. The van der Waals surface area contributed by atoms with Crippen LogP contribution in [0, 0.1) is 0 Å². The Hall–Kier alpha value is -3.21. The highest BCUT2D eigenvalue weighted by atomic mass is 16.5. The van der Waals surface area contributed by atoms with Gasteiger partial charge in [-0.3, -0.25) is 4.98 Å². The summed E-state index contributed by atoms with van der Waals surface area (Å²) in [6, 6.07) is 28.3. The summed E-state index contributed by atoms with van der Waals surface area (Å²) in [5.74, 6) is 0.912. The molecule has 4 heteroatoms. The zero-order valence-electron chi connectivity index (χ0n) is 18.4. The molecule has 0 bridgehead atoms. The Morgan fingerprint density at radius 1 is 0.969 bits per heavy atom. The van der Waals surface area contributed by atoms with Gasteiger partial charge in [-0.15, -0.1) is 0 Å². The Morgan fingerprint density at radius 2 is 1.81 bits per heavy atom. The first-order valence-corrected chi connectivity index (χ1v) is 11.4. The number of fused-ring (bicyclic) bond motifs is 1. The molecule has 5 rings (SSSR count). The predicted octanol–water partition coefficient (Wildman–Crippen LogP) is 5.49. The average Bonchev–Trinajstić information content (AvgIpc) is 2.87. The fourth-order valence-electron chi connectivity index (χ4n) is 4.69. The molecule has 0 radical (unpaired) electrons. The molecule has 2 unspecified atom stereocenters. The molecule has 2 heterocycles. The van der Waals surface area contributed by atoms with Gasteiger partial charge >= 0.3 is 0 Å². The van der Waals surface area contributed by atoms with E-state index < -0.39 is 0 Å². The van der Waals surface area contributed by atoms with Gasteiger partial charge in [-0.25, -0.2) is 0 Å². The number of pyridine rings is 1. The molecule has 1 saturated heterocycles. The lowest BCUT2D eigenvalue weighted by molar-refractivity contribution is 0.303.